The number of fused-ring (bicyclic) bond motifs is 2. The van der Waals surface area contributed by atoms with Gasteiger partial charge in [0.05, 0.1) is 28.0 Å². The van der Waals surface area contributed by atoms with E-state index in [2.05, 4.69) is 57.9 Å². The van der Waals surface area contributed by atoms with E-state index < -0.39 is 31.6 Å². The summed E-state index contributed by atoms with van der Waals surface area (Å²) in [4.78, 5) is 32.7. The van der Waals surface area contributed by atoms with Gasteiger partial charge < -0.3 is 22.7 Å². The van der Waals surface area contributed by atoms with Crippen molar-refractivity contribution in [2.24, 2.45) is 0 Å². The quantitative estimate of drug-likeness (QED) is 0.0919. The topological polar surface area (TPSA) is 214 Å². The summed E-state index contributed by atoms with van der Waals surface area (Å²) in [6.07, 6.45) is 2.99. The molecule has 16 nitrogen and oxygen atoms in total. The van der Waals surface area contributed by atoms with Gasteiger partial charge in [0.1, 0.15) is 17.6 Å². The molecule has 4 aromatic heterocycles. The average molecular weight is 1040 g/mol. The second-order valence-corrected chi connectivity index (χ2v) is 18.1. The molecule has 2 N–H and O–H groups in total. The van der Waals surface area contributed by atoms with Crippen molar-refractivity contribution in [2.75, 3.05) is 9.44 Å². The Labute approximate surface area is 387 Å². The number of nitrogens with one attached hydrogen (secondary N) is 2. The first kappa shape index (κ1) is 49.8. The van der Waals surface area contributed by atoms with Crippen molar-refractivity contribution in [3.63, 3.8) is 0 Å². The predicted molar refractivity (Wildman–Crippen MR) is 242 cm³/mol. The van der Waals surface area contributed by atoms with Gasteiger partial charge in [-0.15, -0.1) is 0 Å². The second-order valence-electron chi connectivity index (χ2n) is 12.4. The predicted octanol–water partition coefficient (Wildman–Crippen LogP) is 8.72. The Morgan fingerprint density at radius 2 is 1.08 bits per heavy atom. The molecule has 0 aliphatic carbocycles. The first-order valence-corrected chi connectivity index (χ1v) is 23.7. The van der Waals surface area contributed by atoms with Crippen molar-refractivity contribution in [1.82, 2.24) is 27.8 Å². The van der Waals surface area contributed by atoms with Gasteiger partial charge in [0.2, 0.25) is 10.3 Å². The fourth-order valence-corrected chi connectivity index (χ4v) is 10.8. The molecule has 0 bridgehead atoms. The van der Waals surface area contributed by atoms with Crippen LogP contribution in [0.5, 0.6) is 0 Å². The molecule has 0 saturated heterocycles. The number of benzene rings is 4. The van der Waals surface area contributed by atoms with E-state index >= 15 is 0 Å². The fraction of sp³-hybridized carbons (Fsp3) is 0.200. The van der Waals surface area contributed by atoms with Crippen molar-refractivity contribution < 1.29 is 45.1 Å². The molecule has 0 radical (unpaired) electrons. The third kappa shape index (κ3) is 11.0. The van der Waals surface area contributed by atoms with Crippen LogP contribution in [-0.4, -0.2) is 44.7 Å². The third-order valence-electron chi connectivity index (χ3n) is 8.93. The number of anilines is 2. The van der Waals surface area contributed by atoms with Gasteiger partial charge in [0.15, 0.2) is 11.2 Å². The van der Waals surface area contributed by atoms with Crippen LogP contribution in [0.2, 0.25) is 0 Å². The summed E-state index contributed by atoms with van der Waals surface area (Å²) < 4.78 is 77.5. The van der Waals surface area contributed by atoms with E-state index in [4.69, 9.17) is 8.83 Å². The summed E-state index contributed by atoms with van der Waals surface area (Å²) in [5, 5.41) is 0.313. The van der Waals surface area contributed by atoms with Gasteiger partial charge in [-0.3, -0.25) is 18.6 Å². The van der Waals surface area contributed by atoms with Gasteiger partial charge in [-0.05, 0) is 65.0 Å². The molecule has 0 aliphatic heterocycles. The maximum absolute atomic E-state index is 12.9. The number of oxazole rings is 2. The number of hydrogen-bond acceptors (Lipinski definition) is 14. The van der Waals surface area contributed by atoms with Crippen LogP contribution in [0.15, 0.2) is 130 Å². The molecule has 8 rings (SSSR count). The van der Waals surface area contributed by atoms with Crippen molar-refractivity contribution in [2.45, 2.75) is 62.9 Å². The van der Waals surface area contributed by atoms with Gasteiger partial charge in [0.25, 0.3) is 20.0 Å². The molecule has 0 saturated carbocycles. The molecule has 0 spiro atoms. The Balaban J connectivity index is 0.000000249. The van der Waals surface area contributed by atoms with Crippen LogP contribution < -0.4 is 21.0 Å². The number of nitrogens with zero attached hydrogens (tertiary/aromatic N) is 6. The number of aryl methyl sites for hydroxylation is 1. The molecular weight excluding hydrogens is 994 g/mol. The molecule has 322 valence electrons. The summed E-state index contributed by atoms with van der Waals surface area (Å²) in [5.41, 5.74) is 3.88. The minimum Gasteiger partial charge on any atom is -0.408 e. The van der Waals surface area contributed by atoms with E-state index in [0.29, 0.717) is 27.5 Å². The molecule has 0 aliphatic rings. The minimum atomic E-state index is -3.94. The van der Waals surface area contributed by atoms with Crippen molar-refractivity contribution in [3.05, 3.63) is 154 Å². The van der Waals surface area contributed by atoms with Crippen LogP contribution in [0.3, 0.4) is 0 Å². The number of aromatic nitrogens is 6. The minimum absolute atomic E-state index is 0. The fourth-order valence-electron chi connectivity index (χ4n) is 6.14. The zero-order chi connectivity index (χ0) is 44.5. The summed E-state index contributed by atoms with van der Waals surface area (Å²) in [5.74, 6) is -1.10. The molecule has 8 aromatic rings. The summed E-state index contributed by atoms with van der Waals surface area (Å²) in [6.45, 7) is 15.6. The van der Waals surface area contributed by atoms with E-state index in [9.17, 15) is 26.4 Å². The Morgan fingerprint density at radius 3 is 1.48 bits per heavy atom. The Bertz CT molecular complexity index is 3030. The molecular formula is C40H41BrN8O8S4Zn. The van der Waals surface area contributed by atoms with E-state index in [1.807, 2.05) is 81.4 Å². The summed E-state index contributed by atoms with van der Waals surface area (Å²) >= 11 is 5.16. The Hall–Kier alpha value is -4.86. The number of sulfonamides is 2. The second kappa shape index (κ2) is 22.0. The van der Waals surface area contributed by atoms with Crippen molar-refractivity contribution in [3.8, 4) is 0 Å². The Kier molecular flexibility index (Phi) is 17.6. The SMILES string of the molecule is CCc1cc2c(cc1S(=O)(=O)Nc1ncns1)oc(=O)n2[C@H](C)c1ccccc1.C[C@H](c1ccccc1)n1c(=O)oc2cc(S(=O)(=O)Nc3ncns3)c(Br)cc21.[CH2-]C.[CH2-]C.[Zn+2]. The van der Waals surface area contributed by atoms with Crippen LogP contribution in [0.4, 0.5) is 10.3 Å². The first-order valence-electron chi connectivity index (χ1n) is 18.4. The summed E-state index contributed by atoms with van der Waals surface area (Å²) in [7, 11) is -7.85. The van der Waals surface area contributed by atoms with Crippen LogP contribution in [-0.2, 0) is 45.9 Å². The van der Waals surface area contributed by atoms with Gasteiger partial charge in [-0.25, -0.2) is 36.4 Å². The largest absolute Gasteiger partial charge is 2.00 e. The van der Waals surface area contributed by atoms with Crippen LogP contribution >= 0.6 is 39.0 Å². The van der Waals surface area contributed by atoms with E-state index in [1.165, 1.54) is 29.4 Å². The third-order valence-corrected chi connectivity index (χ3v) is 14.1. The molecule has 4 heterocycles. The van der Waals surface area contributed by atoms with Gasteiger partial charge in [0, 0.05) is 39.7 Å². The number of halogens is 1. The normalized spacial score (nSPS) is 12.1. The Morgan fingerprint density at radius 1 is 0.677 bits per heavy atom. The van der Waals surface area contributed by atoms with Gasteiger partial charge in [-0.2, -0.15) is 22.6 Å². The van der Waals surface area contributed by atoms with Gasteiger partial charge >= 0.3 is 31.0 Å². The van der Waals surface area contributed by atoms with Crippen LogP contribution in [0, 0.1) is 13.8 Å². The van der Waals surface area contributed by atoms with Gasteiger partial charge in [-0.1, -0.05) is 67.6 Å². The smallest absolute Gasteiger partial charge is 0.408 e. The van der Waals surface area contributed by atoms with E-state index in [-0.39, 0.29) is 62.8 Å². The maximum Gasteiger partial charge on any atom is 2.00 e. The molecule has 4 aromatic carbocycles. The molecule has 0 amide bonds. The average Bonchev–Trinajstić information content (AvgIpc) is 4.09. The van der Waals surface area contributed by atoms with Crippen LogP contribution in [0.1, 0.15) is 63.4 Å². The monoisotopic (exact) mass is 1030 g/mol. The zero-order valence-corrected chi connectivity index (χ0v) is 42.0. The van der Waals surface area contributed by atoms with Crippen molar-refractivity contribution >= 4 is 91.5 Å². The molecule has 0 fully saturated rings. The number of hydrogen-bond donors (Lipinski definition) is 2. The zero-order valence-electron chi connectivity index (χ0n) is 34.2. The molecule has 0 unspecified atom stereocenters. The number of rotatable bonds is 11. The maximum atomic E-state index is 12.9. The van der Waals surface area contributed by atoms with Crippen molar-refractivity contribution in [1.29, 1.82) is 0 Å². The standard InChI is InChI=1S/C19H18N4O4S2.C17H13BrN4O4S2.2C2H5.Zn/c1-3-13-9-15-16(10-17(13)29(25,26)22-18-20-11-21-28-18)27-19(24)23(15)12(2)14-7-5-4-6-8-14;1-10(11-5-3-2-4-6-11)22-13-7-12(18)15(8-14(13)26-17(22)23)28(24,25)21-16-19-9-20-27-16;2*1-2;/h4-12H,3H2,1-2H3,(H,20,21,22);2-10H,1H3,(H,19,20,21);2*1H2,2H3;/q;;2*-1;+2/t12-;10-;;;/m11.../s1. The molecule has 62 heavy (non-hydrogen) atoms. The van der Waals surface area contributed by atoms with E-state index in [0.717, 1.165) is 34.2 Å². The molecule has 2 atom stereocenters. The van der Waals surface area contributed by atoms with Crippen LogP contribution in [0.25, 0.3) is 22.2 Å². The summed E-state index contributed by atoms with van der Waals surface area (Å²) in [6, 6.07) is 24.5. The van der Waals surface area contributed by atoms with E-state index in [1.54, 1.807) is 30.5 Å². The first-order chi connectivity index (χ1) is 29.3. The molecule has 22 heteroatoms.